The molecule has 0 amide bonds. The highest BCUT2D eigenvalue weighted by Gasteiger charge is 2.22. The van der Waals surface area contributed by atoms with Gasteiger partial charge in [0.2, 0.25) is 0 Å². The van der Waals surface area contributed by atoms with E-state index in [9.17, 15) is 4.39 Å². The molecule has 0 radical (unpaired) electrons. The zero-order valence-electron chi connectivity index (χ0n) is 11.5. The van der Waals surface area contributed by atoms with Crippen LogP contribution in [0, 0.1) is 11.7 Å². The highest BCUT2D eigenvalue weighted by molar-refractivity contribution is 5.32. The Balaban J connectivity index is 1.95. The molecule has 0 aromatic heterocycles. The number of hydrogen-bond donors (Lipinski definition) is 1. The fraction of sp³-hybridized carbons (Fsp3) is 0.500. The number of hydrogen-bond acceptors (Lipinski definition) is 2. The summed E-state index contributed by atoms with van der Waals surface area (Å²) >= 11 is 0. The van der Waals surface area contributed by atoms with E-state index < -0.39 is 0 Å². The Labute approximate surface area is 114 Å². The van der Waals surface area contributed by atoms with Gasteiger partial charge in [-0.15, -0.1) is 6.58 Å². The second-order valence-corrected chi connectivity index (χ2v) is 5.20. The van der Waals surface area contributed by atoms with Crippen molar-refractivity contribution in [2.24, 2.45) is 5.92 Å². The third-order valence-electron chi connectivity index (χ3n) is 3.43. The number of nitrogens with one attached hydrogen (secondary N) is 1. The van der Waals surface area contributed by atoms with Crippen molar-refractivity contribution < 1.29 is 9.13 Å². The first-order chi connectivity index (χ1) is 9.20. The third kappa shape index (κ3) is 4.35. The van der Waals surface area contributed by atoms with Crippen molar-refractivity contribution in [2.75, 3.05) is 13.2 Å². The van der Waals surface area contributed by atoms with Gasteiger partial charge < -0.3 is 10.1 Å². The molecule has 0 unspecified atom stereocenters. The van der Waals surface area contributed by atoms with E-state index in [0.717, 1.165) is 18.5 Å². The Bertz CT molecular complexity index is 429. The summed E-state index contributed by atoms with van der Waals surface area (Å²) in [5, 5.41) is 3.37. The molecule has 0 saturated heterocycles. The van der Waals surface area contributed by atoms with Gasteiger partial charge >= 0.3 is 0 Å². The molecule has 1 aliphatic carbocycles. The summed E-state index contributed by atoms with van der Waals surface area (Å²) in [6.07, 6.45) is 5.23. The Morgan fingerprint density at radius 3 is 3.00 bits per heavy atom. The van der Waals surface area contributed by atoms with Crippen LogP contribution in [-0.4, -0.2) is 13.2 Å². The largest absolute Gasteiger partial charge is 0.490 e. The van der Waals surface area contributed by atoms with Gasteiger partial charge in [0.1, 0.15) is 0 Å². The van der Waals surface area contributed by atoms with Crippen LogP contribution in [-0.2, 0) is 0 Å². The van der Waals surface area contributed by atoms with Crippen LogP contribution in [0.4, 0.5) is 4.39 Å². The second-order valence-electron chi connectivity index (χ2n) is 5.20. The number of rotatable bonds is 8. The van der Waals surface area contributed by atoms with Crippen molar-refractivity contribution in [3.63, 3.8) is 0 Å². The lowest BCUT2D eigenvalue weighted by Gasteiger charge is -2.15. The first kappa shape index (κ1) is 14.1. The first-order valence-corrected chi connectivity index (χ1v) is 6.97. The van der Waals surface area contributed by atoms with E-state index in [2.05, 4.69) is 18.8 Å². The van der Waals surface area contributed by atoms with Crippen LogP contribution in [0.25, 0.3) is 0 Å². The number of benzene rings is 1. The highest BCUT2D eigenvalue weighted by atomic mass is 19.1. The molecule has 1 aromatic rings. The minimum Gasteiger partial charge on any atom is -0.490 e. The maximum atomic E-state index is 13.7. The minimum absolute atomic E-state index is 0.184. The van der Waals surface area contributed by atoms with E-state index in [-0.39, 0.29) is 11.9 Å². The molecule has 1 atom stereocenters. The van der Waals surface area contributed by atoms with Crippen LogP contribution in [0.2, 0.25) is 0 Å². The summed E-state index contributed by atoms with van der Waals surface area (Å²) in [5.74, 6) is 0.732. The molecule has 1 aliphatic rings. The molecule has 0 aliphatic heterocycles. The third-order valence-corrected chi connectivity index (χ3v) is 3.43. The van der Waals surface area contributed by atoms with Gasteiger partial charge in [-0.3, -0.25) is 0 Å². The lowest BCUT2D eigenvalue weighted by Crippen LogP contribution is -2.19. The molecule has 1 N–H and O–H groups in total. The molecule has 19 heavy (non-hydrogen) atoms. The van der Waals surface area contributed by atoms with Crippen molar-refractivity contribution in [1.82, 2.24) is 5.32 Å². The summed E-state index contributed by atoms with van der Waals surface area (Å²) in [7, 11) is 0. The van der Waals surface area contributed by atoms with Crippen LogP contribution in [0.15, 0.2) is 30.9 Å². The van der Waals surface area contributed by atoms with Gasteiger partial charge in [-0.25, -0.2) is 4.39 Å². The zero-order valence-corrected chi connectivity index (χ0v) is 11.5. The summed E-state index contributed by atoms with van der Waals surface area (Å²) in [5.41, 5.74) is 1.05. The molecular formula is C16H22FNO. The van der Waals surface area contributed by atoms with Gasteiger partial charge in [0, 0.05) is 6.04 Å². The molecule has 3 heteroatoms. The van der Waals surface area contributed by atoms with E-state index in [0.29, 0.717) is 18.3 Å². The van der Waals surface area contributed by atoms with Crippen molar-refractivity contribution >= 4 is 0 Å². The maximum Gasteiger partial charge on any atom is 0.165 e. The normalized spacial score (nSPS) is 16.1. The van der Waals surface area contributed by atoms with Crippen LogP contribution < -0.4 is 10.1 Å². The molecule has 104 valence electrons. The van der Waals surface area contributed by atoms with E-state index >= 15 is 0 Å². The van der Waals surface area contributed by atoms with Crippen molar-refractivity contribution in [3.05, 3.63) is 42.2 Å². The number of halogens is 1. The predicted octanol–water partition coefficient (Wildman–Crippen LogP) is 3.84. The van der Waals surface area contributed by atoms with E-state index in [1.54, 1.807) is 0 Å². The summed E-state index contributed by atoms with van der Waals surface area (Å²) in [6, 6.07) is 5.29. The van der Waals surface area contributed by atoms with Crippen molar-refractivity contribution in [3.8, 4) is 5.75 Å². The molecule has 0 spiro atoms. The molecule has 2 rings (SSSR count). The summed E-state index contributed by atoms with van der Waals surface area (Å²) < 4.78 is 19.2. The van der Waals surface area contributed by atoms with Crippen LogP contribution >= 0.6 is 0 Å². The molecular weight excluding hydrogens is 241 g/mol. The lowest BCUT2D eigenvalue weighted by atomic mass is 10.1. The molecule has 0 heterocycles. The molecule has 1 fully saturated rings. The van der Waals surface area contributed by atoms with Gasteiger partial charge in [-0.05, 0) is 56.3 Å². The average molecular weight is 263 g/mol. The Hall–Kier alpha value is -1.35. The number of ether oxygens (including phenoxy) is 1. The SMILES string of the molecule is C=CCCN[C@H](C)c1ccc(F)c(OCC2CC2)c1. The van der Waals surface area contributed by atoms with Crippen molar-refractivity contribution in [2.45, 2.75) is 32.2 Å². The fourth-order valence-corrected chi connectivity index (χ4v) is 1.91. The summed E-state index contributed by atoms with van der Waals surface area (Å²) in [6.45, 7) is 7.28. The van der Waals surface area contributed by atoms with Gasteiger partial charge in [0.15, 0.2) is 11.6 Å². The van der Waals surface area contributed by atoms with E-state index in [4.69, 9.17) is 4.74 Å². The zero-order chi connectivity index (χ0) is 13.7. The van der Waals surface area contributed by atoms with Gasteiger partial charge in [0.05, 0.1) is 6.61 Å². The molecule has 1 saturated carbocycles. The lowest BCUT2D eigenvalue weighted by molar-refractivity contribution is 0.284. The van der Waals surface area contributed by atoms with Crippen molar-refractivity contribution in [1.29, 1.82) is 0 Å². The van der Waals surface area contributed by atoms with E-state index in [1.807, 2.05) is 18.2 Å². The summed E-state index contributed by atoms with van der Waals surface area (Å²) in [4.78, 5) is 0. The smallest absolute Gasteiger partial charge is 0.165 e. The second kappa shape index (κ2) is 6.71. The van der Waals surface area contributed by atoms with E-state index in [1.165, 1.54) is 18.9 Å². The molecule has 1 aromatic carbocycles. The Kier molecular flexibility index (Phi) is 4.97. The maximum absolute atomic E-state index is 13.7. The average Bonchev–Trinajstić information content (AvgIpc) is 3.22. The van der Waals surface area contributed by atoms with Gasteiger partial charge in [0.25, 0.3) is 0 Å². The molecule has 2 nitrogen and oxygen atoms in total. The fourth-order valence-electron chi connectivity index (χ4n) is 1.91. The van der Waals surface area contributed by atoms with Crippen LogP contribution in [0.3, 0.4) is 0 Å². The minimum atomic E-state index is -0.275. The highest BCUT2D eigenvalue weighted by Crippen LogP contribution is 2.31. The Morgan fingerprint density at radius 1 is 1.53 bits per heavy atom. The standard InChI is InChI=1S/C16H22FNO/c1-3-4-9-18-12(2)14-7-8-15(17)16(10-14)19-11-13-5-6-13/h3,7-8,10,12-13,18H,1,4-6,9,11H2,2H3/t12-/m1/s1. The van der Waals surface area contributed by atoms with Gasteiger partial charge in [-0.1, -0.05) is 12.1 Å². The van der Waals surface area contributed by atoms with Crippen LogP contribution in [0.5, 0.6) is 5.75 Å². The topological polar surface area (TPSA) is 21.3 Å². The van der Waals surface area contributed by atoms with Gasteiger partial charge in [-0.2, -0.15) is 0 Å². The first-order valence-electron chi connectivity index (χ1n) is 6.97. The Morgan fingerprint density at radius 2 is 2.32 bits per heavy atom. The quantitative estimate of drug-likeness (QED) is 0.568. The predicted molar refractivity (Wildman–Crippen MR) is 75.9 cm³/mol. The van der Waals surface area contributed by atoms with Crippen LogP contribution in [0.1, 0.15) is 37.8 Å². The monoisotopic (exact) mass is 263 g/mol. The molecule has 0 bridgehead atoms.